The van der Waals surface area contributed by atoms with Crippen molar-refractivity contribution in [1.82, 2.24) is 0 Å². The summed E-state index contributed by atoms with van der Waals surface area (Å²) < 4.78 is 9.61. The van der Waals surface area contributed by atoms with Crippen LogP contribution in [0.1, 0.15) is 11.1 Å². The molecule has 0 bridgehead atoms. The molecule has 0 aliphatic heterocycles. The standard InChI is InChI=1S/C13H16N2O3S/c1-17-12-4-3-9(5-10(12)6-14)7-19-8-11(15)13(16)18-2/h3-5,11H,7-8,15H2,1-2H3. The van der Waals surface area contributed by atoms with E-state index in [4.69, 9.17) is 15.7 Å². The Morgan fingerprint density at radius 2 is 2.26 bits per heavy atom. The summed E-state index contributed by atoms with van der Waals surface area (Å²) in [7, 11) is 2.84. The molecular weight excluding hydrogens is 264 g/mol. The monoisotopic (exact) mass is 280 g/mol. The molecule has 0 aromatic heterocycles. The molecule has 102 valence electrons. The molecule has 1 rings (SSSR count). The van der Waals surface area contributed by atoms with Gasteiger partial charge in [-0.25, -0.2) is 0 Å². The largest absolute Gasteiger partial charge is 0.495 e. The quantitative estimate of drug-likeness (QED) is 0.791. The van der Waals surface area contributed by atoms with Crippen LogP contribution in [0.3, 0.4) is 0 Å². The highest BCUT2D eigenvalue weighted by atomic mass is 32.2. The second kappa shape index (κ2) is 7.67. The SMILES string of the molecule is COC(=O)C(N)CSCc1ccc(OC)c(C#N)c1. The Labute approximate surface area is 116 Å². The minimum atomic E-state index is -0.622. The third-order valence-electron chi connectivity index (χ3n) is 2.45. The van der Waals surface area contributed by atoms with Gasteiger partial charge in [0.1, 0.15) is 17.9 Å². The molecule has 1 aromatic carbocycles. The van der Waals surface area contributed by atoms with Crippen molar-refractivity contribution in [2.24, 2.45) is 5.73 Å². The first-order valence-electron chi connectivity index (χ1n) is 5.60. The van der Waals surface area contributed by atoms with Crippen molar-refractivity contribution in [3.8, 4) is 11.8 Å². The molecule has 0 fully saturated rings. The van der Waals surface area contributed by atoms with E-state index in [0.717, 1.165) is 5.56 Å². The number of benzene rings is 1. The third-order valence-corrected chi connectivity index (χ3v) is 3.59. The lowest BCUT2D eigenvalue weighted by atomic mass is 10.1. The van der Waals surface area contributed by atoms with Gasteiger partial charge in [-0.1, -0.05) is 6.07 Å². The van der Waals surface area contributed by atoms with E-state index in [1.165, 1.54) is 26.0 Å². The van der Waals surface area contributed by atoms with Crippen molar-refractivity contribution in [2.75, 3.05) is 20.0 Å². The van der Waals surface area contributed by atoms with Gasteiger partial charge in [-0.3, -0.25) is 4.79 Å². The van der Waals surface area contributed by atoms with Gasteiger partial charge in [-0.05, 0) is 17.7 Å². The van der Waals surface area contributed by atoms with E-state index in [1.807, 2.05) is 6.07 Å². The number of carbonyl (C=O) groups excluding carboxylic acids is 1. The number of thioether (sulfide) groups is 1. The molecule has 0 aliphatic carbocycles. The zero-order valence-corrected chi connectivity index (χ0v) is 11.7. The molecule has 1 atom stereocenters. The first-order valence-corrected chi connectivity index (χ1v) is 6.76. The van der Waals surface area contributed by atoms with E-state index in [9.17, 15) is 4.79 Å². The zero-order chi connectivity index (χ0) is 14.3. The first kappa shape index (κ1) is 15.3. The molecule has 6 heteroatoms. The predicted molar refractivity (Wildman–Crippen MR) is 73.9 cm³/mol. The number of nitrogens with two attached hydrogens (primary N) is 1. The number of methoxy groups -OCH3 is 2. The molecule has 0 saturated carbocycles. The van der Waals surface area contributed by atoms with Gasteiger partial charge >= 0.3 is 5.97 Å². The summed E-state index contributed by atoms with van der Waals surface area (Å²) in [4.78, 5) is 11.1. The first-order chi connectivity index (χ1) is 9.12. The second-order valence-electron chi connectivity index (χ2n) is 3.79. The molecule has 5 nitrogen and oxygen atoms in total. The van der Waals surface area contributed by atoms with Crippen LogP contribution in [0.15, 0.2) is 18.2 Å². The maximum Gasteiger partial charge on any atom is 0.323 e. The number of nitrogens with zero attached hydrogens (tertiary/aromatic N) is 1. The van der Waals surface area contributed by atoms with Gasteiger partial charge in [-0.2, -0.15) is 17.0 Å². The van der Waals surface area contributed by atoms with E-state index in [0.29, 0.717) is 22.8 Å². The Bertz CT molecular complexity index is 485. The van der Waals surface area contributed by atoms with Crippen molar-refractivity contribution >= 4 is 17.7 Å². The molecular formula is C13H16N2O3S. The van der Waals surface area contributed by atoms with Crippen LogP contribution < -0.4 is 10.5 Å². The Morgan fingerprint density at radius 1 is 1.53 bits per heavy atom. The average Bonchev–Trinajstić information content (AvgIpc) is 2.45. The van der Waals surface area contributed by atoms with Crippen LogP contribution in [-0.2, 0) is 15.3 Å². The molecule has 1 unspecified atom stereocenters. The van der Waals surface area contributed by atoms with E-state index in [-0.39, 0.29) is 0 Å². The van der Waals surface area contributed by atoms with Crippen molar-refractivity contribution in [3.05, 3.63) is 29.3 Å². The predicted octanol–water partition coefficient (Wildman–Crippen LogP) is 1.30. The highest BCUT2D eigenvalue weighted by Gasteiger charge is 2.13. The minimum Gasteiger partial charge on any atom is -0.495 e. The number of rotatable bonds is 6. The molecule has 0 radical (unpaired) electrons. The molecule has 0 amide bonds. The fraction of sp³-hybridized carbons (Fsp3) is 0.385. The van der Waals surface area contributed by atoms with Crippen LogP contribution in [0, 0.1) is 11.3 Å². The van der Waals surface area contributed by atoms with Crippen LogP contribution in [-0.4, -0.2) is 32.0 Å². The van der Waals surface area contributed by atoms with Gasteiger partial charge in [0.25, 0.3) is 0 Å². The summed E-state index contributed by atoms with van der Waals surface area (Å²) in [6.07, 6.45) is 0. The van der Waals surface area contributed by atoms with Crippen molar-refractivity contribution < 1.29 is 14.3 Å². The molecule has 19 heavy (non-hydrogen) atoms. The molecule has 2 N–H and O–H groups in total. The smallest absolute Gasteiger partial charge is 0.323 e. The summed E-state index contributed by atoms with van der Waals surface area (Å²) in [5.74, 6) is 1.28. The van der Waals surface area contributed by atoms with Crippen LogP contribution in [0.25, 0.3) is 0 Å². The average molecular weight is 280 g/mol. The third kappa shape index (κ3) is 4.47. The molecule has 0 aliphatic rings. The van der Waals surface area contributed by atoms with E-state index in [1.54, 1.807) is 12.1 Å². The Kier molecular flexibility index (Phi) is 6.19. The van der Waals surface area contributed by atoms with E-state index < -0.39 is 12.0 Å². The van der Waals surface area contributed by atoms with Crippen molar-refractivity contribution in [3.63, 3.8) is 0 Å². The van der Waals surface area contributed by atoms with Crippen LogP contribution in [0.2, 0.25) is 0 Å². The minimum absolute atomic E-state index is 0.417. The van der Waals surface area contributed by atoms with E-state index >= 15 is 0 Å². The van der Waals surface area contributed by atoms with E-state index in [2.05, 4.69) is 10.8 Å². The Hall–Kier alpha value is -1.71. The van der Waals surface area contributed by atoms with Crippen LogP contribution >= 0.6 is 11.8 Å². The Morgan fingerprint density at radius 3 is 2.84 bits per heavy atom. The number of hydrogen-bond donors (Lipinski definition) is 1. The lowest BCUT2D eigenvalue weighted by Crippen LogP contribution is -2.33. The summed E-state index contributed by atoms with van der Waals surface area (Å²) in [5.41, 5.74) is 7.11. The van der Waals surface area contributed by atoms with Gasteiger partial charge in [0.15, 0.2) is 0 Å². The molecule has 0 saturated heterocycles. The number of nitriles is 1. The molecule has 1 aromatic rings. The lowest BCUT2D eigenvalue weighted by Gasteiger charge is -2.09. The van der Waals surface area contributed by atoms with Gasteiger partial charge < -0.3 is 15.2 Å². The highest BCUT2D eigenvalue weighted by molar-refractivity contribution is 7.98. The van der Waals surface area contributed by atoms with Gasteiger partial charge in [-0.15, -0.1) is 0 Å². The number of esters is 1. The highest BCUT2D eigenvalue weighted by Crippen LogP contribution is 2.21. The normalized spacial score (nSPS) is 11.5. The zero-order valence-electron chi connectivity index (χ0n) is 10.9. The summed E-state index contributed by atoms with van der Waals surface area (Å²) in [6.45, 7) is 0. The fourth-order valence-electron chi connectivity index (χ4n) is 1.46. The maximum atomic E-state index is 11.1. The summed E-state index contributed by atoms with van der Waals surface area (Å²) >= 11 is 1.51. The molecule has 0 heterocycles. The number of ether oxygens (including phenoxy) is 2. The van der Waals surface area contributed by atoms with Crippen molar-refractivity contribution in [1.29, 1.82) is 5.26 Å². The second-order valence-corrected chi connectivity index (χ2v) is 4.82. The van der Waals surface area contributed by atoms with Gasteiger partial charge in [0.2, 0.25) is 0 Å². The van der Waals surface area contributed by atoms with Gasteiger partial charge in [0.05, 0.1) is 19.8 Å². The number of hydrogen-bond acceptors (Lipinski definition) is 6. The lowest BCUT2D eigenvalue weighted by molar-refractivity contribution is -0.141. The fourth-order valence-corrected chi connectivity index (χ4v) is 2.38. The Balaban J connectivity index is 2.55. The van der Waals surface area contributed by atoms with Crippen molar-refractivity contribution in [2.45, 2.75) is 11.8 Å². The summed E-state index contributed by atoms with van der Waals surface area (Å²) in [6, 6.07) is 6.88. The topological polar surface area (TPSA) is 85.3 Å². The number of carbonyl (C=O) groups is 1. The maximum absolute atomic E-state index is 11.1. The van der Waals surface area contributed by atoms with Crippen LogP contribution in [0.5, 0.6) is 5.75 Å². The van der Waals surface area contributed by atoms with Gasteiger partial charge in [0, 0.05) is 11.5 Å². The summed E-state index contributed by atoms with van der Waals surface area (Å²) in [5, 5.41) is 8.97. The van der Waals surface area contributed by atoms with Crippen LogP contribution in [0.4, 0.5) is 0 Å². The molecule has 0 spiro atoms.